The summed E-state index contributed by atoms with van der Waals surface area (Å²) in [5.41, 5.74) is 0.0463. The molecule has 2 fully saturated rings. The van der Waals surface area contributed by atoms with Crippen LogP contribution in [0.3, 0.4) is 0 Å². The van der Waals surface area contributed by atoms with E-state index in [1.54, 1.807) is 17.0 Å². The molecule has 0 radical (unpaired) electrons. The summed E-state index contributed by atoms with van der Waals surface area (Å²) in [6, 6.07) is 0.619. The highest BCUT2D eigenvalue weighted by Gasteiger charge is 2.36. The van der Waals surface area contributed by atoms with Gasteiger partial charge in [-0.2, -0.15) is 0 Å². The van der Waals surface area contributed by atoms with Gasteiger partial charge >= 0.3 is 0 Å². The first-order valence-electron chi connectivity index (χ1n) is 7.23. The Kier molecular flexibility index (Phi) is 3.31. The summed E-state index contributed by atoms with van der Waals surface area (Å²) in [7, 11) is 0. The predicted molar refractivity (Wildman–Crippen MR) is 75.6 cm³/mol. The highest BCUT2D eigenvalue weighted by Crippen LogP contribution is 2.28. The zero-order chi connectivity index (χ0) is 13.4. The summed E-state index contributed by atoms with van der Waals surface area (Å²) in [6.45, 7) is 7.06. The maximum absolute atomic E-state index is 12.5. The number of rotatable bonds is 2. The second-order valence-electron chi connectivity index (χ2n) is 5.88. The van der Waals surface area contributed by atoms with Crippen LogP contribution < -0.4 is 15.8 Å². The molecule has 5 nitrogen and oxygen atoms in total. The highest BCUT2D eigenvalue weighted by atomic mass is 16.1. The molecule has 2 saturated heterocycles. The van der Waals surface area contributed by atoms with Crippen molar-refractivity contribution in [3.63, 3.8) is 0 Å². The van der Waals surface area contributed by atoms with Gasteiger partial charge in [0.05, 0.1) is 0 Å². The maximum Gasteiger partial charge on any atom is 0.293 e. The molecule has 1 N–H and O–H groups in total. The van der Waals surface area contributed by atoms with Gasteiger partial charge in [0.25, 0.3) is 5.56 Å². The van der Waals surface area contributed by atoms with Crippen molar-refractivity contribution < 1.29 is 0 Å². The molecule has 2 aliphatic heterocycles. The van der Waals surface area contributed by atoms with Crippen molar-refractivity contribution in [3.8, 4) is 0 Å². The summed E-state index contributed by atoms with van der Waals surface area (Å²) >= 11 is 0. The van der Waals surface area contributed by atoms with Crippen LogP contribution in [0.2, 0.25) is 0 Å². The van der Waals surface area contributed by atoms with Crippen LogP contribution in [-0.2, 0) is 0 Å². The Morgan fingerprint density at radius 1 is 1.42 bits per heavy atom. The second-order valence-corrected chi connectivity index (χ2v) is 5.88. The van der Waals surface area contributed by atoms with Gasteiger partial charge in [-0.3, -0.25) is 4.79 Å². The van der Waals surface area contributed by atoms with E-state index in [0.717, 1.165) is 26.1 Å². The number of hydrogen-bond acceptors (Lipinski definition) is 4. The molecule has 2 unspecified atom stereocenters. The van der Waals surface area contributed by atoms with Crippen molar-refractivity contribution >= 4 is 5.82 Å². The van der Waals surface area contributed by atoms with Crippen molar-refractivity contribution in [2.24, 2.45) is 5.92 Å². The molecule has 1 aromatic rings. The van der Waals surface area contributed by atoms with Crippen molar-refractivity contribution in [1.82, 2.24) is 14.9 Å². The fourth-order valence-electron chi connectivity index (χ4n) is 3.35. The lowest BCUT2D eigenvalue weighted by Crippen LogP contribution is -2.48. The fraction of sp³-hybridized carbons (Fsp3) is 0.714. The number of nitrogens with one attached hydrogen (secondary N) is 1. The first-order valence-corrected chi connectivity index (χ1v) is 7.23. The first-order chi connectivity index (χ1) is 9.18. The summed E-state index contributed by atoms with van der Waals surface area (Å²) < 4.78 is 1.77. The average molecular weight is 262 g/mol. The Bertz CT molecular complexity index is 510. The van der Waals surface area contributed by atoms with Crippen LogP contribution in [-0.4, -0.2) is 35.2 Å². The quantitative estimate of drug-likeness (QED) is 0.864. The van der Waals surface area contributed by atoms with Crippen LogP contribution in [0, 0.1) is 5.92 Å². The van der Waals surface area contributed by atoms with E-state index >= 15 is 0 Å². The van der Waals surface area contributed by atoms with E-state index in [4.69, 9.17) is 0 Å². The molecule has 0 aliphatic carbocycles. The van der Waals surface area contributed by atoms with Crippen LogP contribution >= 0.6 is 0 Å². The van der Waals surface area contributed by atoms with Gasteiger partial charge in [-0.25, -0.2) is 4.98 Å². The Hall–Kier alpha value is -1.36. The molecule has 0 saturated carbocycles. The van der Waals surface area contributed by atoms with Gasteiger partial charge in [0.2, 0.25) is 0 Å². The van der Waals surface area contributed by atoms with E-state index in [1.807, 2.05) is 13.8 Å². The standard InChI is InChI=1S/C14H22N4O/c1-10(2)17-7-5-16-13(14(17)19)18-6-3-4-11-8-15-9-12(11)18/h5,7,10-12,15H,3-4,6,8-9H2,1-2H3. The van der Waals surface area contributed by atoms with Gasteiger partial charge < -0.3 is 14.8 Å². The Morgan fingerprint density at radius 3 is 3.05 bits per heavy atom. The summed E-state index contributed by atoms with van der Waals surface area (Å²) in [6.07, 6.45) is 5.95. The number of piperidine rings is 1. The van der Waals surface area contributed by atoms with Gasteiger partial charge in [-0.05, 0) is 32.6 Å². The lowest BCUT2D eigenvalue weighted by atomic mass is 9.92. The Balaban J connectivity index is 1.97. The van der Waals surface area contributed by atoms with E-state index in [1.165, 1.54) is 6.42 Å². The molecule has 0 bridgehead atoms. The minimum Gasteiger partial charge on any atom is -0.347 e. The number of aromatic nitrogens is 2. The minimum atomic E-state index is 0.0463. The van der Waals surface area contributed by atoms with Crippen molar-refractivity contribution in [3.05, 3.63) is 22.7 Å². The lowest BCUT2D eigenvalue weighted by Gasteiger charge is -2.37. The largest absolute Gasteiger partial charge is 0.347 e. The second kappa shape index (κ2) is 4.96. The molecule has 19 heavy (non-hydrogen) atoms. The maximum atomic E-state index is 12.5. The van der Waals surface area contributed by atoms with Crippen LogP contribution in [0.15, 0.2) is 17.2 Å². The molecule has 3 rings (SSSR count). The Morgan fingerprint density at radius 2 is 2.26 bits per heavy atom. The minimum absolute atomic E-state index is 0.0463. The number of anilines is 1. The lowest BCUT2D eigenvalue weighted by molar-refractivity contribution is 0.381. The van der Waals surface area contributed by atoms with E-state index in [9.17, 15) is 4.79 Å². The summed E-state index contributed by atoms with van der Waals surface area (Å²) in [5.74, 6) is 1.30. The van der Waals surface area contributed by atoms with Crippen molar-refractivity contribution in [1.29, 1.82) is 0 Å². The molecule has 0 spiro atoms. The average Bonchev–Trinajstić information content (AvgIpc) is 2.87. The van der Waals surface area contributed by atoms with Crippen LogP contribution in [0.5, 0.6) is 0 Å². The monoisotopic (exact) mass is 262 g/mol. The molecule has 0 aromatic carbocycles. The van der Waals surface area contributed by atoms with E-state index in [2.05, 4.69) is 15.2 Å². The molecule has 2 atom stereocenters. The molecular weight excluding hydrogens is 240 g/mol. The summed E-state index contributed by atoms with van der Waals surface area (Å²) in [4.78, 5) is 19.1. The van der Waals surface area contributed by atoms with Crippen LogP contribution in [0.25, 0.3) is 0 Å². The molecule has 5 heteroatoms. The third-order valence-electron chi connectivity index (χ3n) is 4.36. The predicted octanol–water partition coefficient (Wildman–Crippen LogP) is 1.01. The zero-order valence-corrected chi connectivity index (χ0v) is 11.7. The fourth-order valence-corrected chi connectivity index (χ4v) is 3.35. The van der Waals surface area contributed by atoms with Gasteiger partial charge in [-0.15, -0.1) is 0 Å². The number of hydrogen-bond donors (Lipinski definition) is 1. The molecule has 1 aromatic heterocycles. The van der Waals surface area contributed by atoms with Gasteiger partial charge in [0, 0.05) is 44.1 Å². The first kappa shape index (κ1) is 12.7. The van der Waals surface area contributed by atoms with E-state index < -0.39 is 0 Å². The van der Waals surface area contributed by atoms with E-state index in [0.29, 0.717) is 17.8 Å². The molecular formula is C14H22N4O. The van der Waals surface area contributed by atoms with Gasteiger partial charge in [-0.1, -0.05) is 0 Å². The topological polar surface area (TPSA) is 50.2 Å². The normalized spacial score (nSPS) is 26.8. The van der Waals surface area contributed by atoms with Crippen LogP contribution in [0.1, 0.15) is 32.7 Å². The number of nitrogens with zero attached hydrogens (tertiary/aromatic N) is 3. The third kappa shape index (κ3) is 2.16. The molecule has 104 valence electrons. The summed E-state index contributed by atoms with van der Waals surface area (Å²) in [5, 5.41) is 3.44. The van der Waals surface area contributed by atoms with Crippen LogP contribution in [0.4, 0.5) is 5.82 Å². The van der Waals surface area contributed by atoms with E-state index in [-0.39, 0.29) is 11.6 Å². The molecule has 3 heterocycles. The molecule has 0 amide bonds. The SMILES string of the molecule is CC(C)n1ccnc(N2CCCC3CNCC32)c1=O. The Labute approximate surface area is 113 Å². The van der Waals surface area contributed by atoms with Gasteiger partial charge in [0.1, 0.15) is 0 Å². The third-order valence-corrected chi connectivity index (χ3v) is 4.36. The highest BCUT2D eigenvalue weighted by molar-refractivity contribution is 5.39. The zero-order valence-electron chi connectivity index (χ0n) is 11.7. The number of fused-ring (bicyclic) bond motifs is 1. The van der Waals surface area contributed by atoms with Crippen molar-refractivity contribution in [2.45, 2.75) is 38.8 Å². The van der Waals surface area contributed by atoms with Crippen molar-refractivity contribution in [2.75, 3.05) is 24.5 Å². The smallest absolute Gasteiger partial charge is 0.293 e. The van der Waals surface area contributed by atoms with Gasteiger partial charge in [0.15, 0.2) is 5.82 Å². The molecule has 2 aliphatic rings.